The van der Waals surface area contributed by atoms with Crippen molar-refractivity contribution >= 4 is 5.97 Å². The molecule has 0 N–H and O–H groups in total. The fourth-order valence-electron chi connectivity index (χ4n) is 1.00. The zero-order valence-corrected chi connectivity index (χ0v) is 9.34. The summed E-state index contributed by atoms with van der Waals surface area (Å²) in [5.41, 5.74) is 0. The molecule has 0 spiro atoms. The molecular weight excluding hydrogens is 180 g/mol. The van der Waals surface area contributed by atoms with Gasteiger partial charge >= 0.3 is 5.97 Å². The molecule has 0 aromatic rings. The van der Waals surface area contributed by atoms with Crippen LogP contribution < -0.4 is 0 Å². The first kappa shape index (κ1) is 13.0. The lowest BCUT2D eigenvalue weighted by Gasteiger charge is -2.08. The molecular formula is C11H20O3. The molecule has 0 unspecified atom stereocenters. The number of hydrogen-bond acceptors (Lipinski definition) is 3. The van der Waals surface area contributed by atoms with Crippen LogP contribution in [0, 0.1) is 0 Å². The van der Waals surface area contributed by atoms with Crippen LogP contribution in [-0.4, -0.2) is 19.2 Å². The lowest BCUT2D eigenvalue weighted by molar-refractivity contribution is -0.143. The number of esters is 1. The highest BCUT2D eigenvalue weighted by Gasteiger charge is 2.06. The molecule has 0 aliphatic rings. The first-order valence-corrected chi connectivity index (χ1v) is 5.22. The quantitative estimate of drug-likeness (QED) is 0.468. The lowest BCUT2D eigenvalue weighted by Crippen LogP contribution is -2.08. The van der Waals surface area contributed by atoms with E-state index >= 15 is 0 Å². The largest absolute Gasteiger partial charge is 0.498 e. The van der Waals surface area contributed by atoms with E-state index in [0.717, 1.165) is 18.6 Å². The van der Waals surface area contributed by atoms with Gasteiger partial charge in [0.1, 0.15) is 12.2 Å². The van der Waals surface area contributed by atoms with Gasteiger partial charge in [-0.25, -0.2) is 0 Å². The van der Waals surface area contributed by atoms with Crippen molar-refractivity contribution in [3.8, 4) is 0 Å². The Morgan fingerprint density at radius 2 is 1.93 bits per heavy atom. The molecule has 0 bridgehead atoms. The van der Waals surface area contributed by atoms with E-state index in [-0.39, 0.29) is 12.4 Å². The summed E-state index contributed by atoms with van der Waals surface area (Å²) in [4.78, 5) is 11.2. The molecule has 3 nitrogen and oxygen atoms in total. The smallest absolute Gasteiger partial charge is 0.313 e. The molecule has 14 heavy (non-hydrogen) atoms. The Balaban J connectivity index is 3.90. The van der Waals surface area contributed by atoms with Gasteiger partial charge in [0.15, 0.2) is 0 Å². The molecule has 0 aromatic carbocycles. The summed E-state index contributed by atoms with van der Waals surface area (Å²) in [5.74, 6) is 0.510. The molecule has 3 heteroatoms. The Hall–Kier alpha value is -0.990. The molecule has 0 amide bonds. The van der Waals surface area contributed by atoms with E-state index in [4.69, 9.17) is 9.47 Å². The van der Waals surface area contributed by atoms with E-state index in [1.54, 1.807) is 0 Å². The monoisotopic (exact) mass is 200 g/mol. The molecule has 0 fully saturated rings. The van der Waals surface area contributed by atoms with Crippen LogP contribution >= 0.6 is 0 Å². The Morgan fingerprint density at radius 3 is 2.43 bits per heavy atom. The van der Waals surface area contributed by atoms with Crippen molar-refractivity contribution in [2.45, 2.75) is 40.0 Å². The van der Waals surface area contributed by atoms with Crippen LogP contribution in [0.15, 0.2) is 11.8 Å². The SMILES string of the molecule is CCC=C(CC(=O)OCCC)OCC. The molecule has 0 radical (unpaired) electrons. The van der Waals surface area contributed by atoms with Gasteiger partial charge in [-0.05, 0) is 25.8 Å². The van der Waals surface area contributed by atoms with Crippen LogP contribution in [0.2, 0.25) is 0 Å². The van der Waals surface area contributed by atoms with Crippen molar-refractivity contribution in [3.05, 3.63) is 11.8 Å². The van der Waals surface area contributed by atoms with Crippen LogP contribution in [0.4, 0.5) is 0 Å². The molecule has 0 aliphatic carbocycles. The summed E-state index contributed by atoms with van der Waals surface area (Å²) in [7, 11) is 0. The van der Waals surface area contributed by atoms with Gasteiger partial charge in [0, 0.05) is 0 Å². The molecule has 0 saturated carbocycles. The lowest BCUT2D eigenvalue weighted by atomic mass is 10.3. The molecule has 82 valence electrons. The zero-order chi connectivity index (χ0) is 10.8. The first-order valence-electron chi connectivity index (χ1n) is 5.22. The van der Waals surface area contributed by atoms with Crippen LogP contribution in [-0.2, 0) is 14.3 Å². The van der Waals surface area contributed by atoms with Crippen molar-refractivity contribution in [3.63, 3.8) is 0 Å². The maximum Gasteiger partial charge on any atom is 0.313 e. The topological polar surface area (TPSA) is 35.5 Å². The molecule has 0 aliphatic heterocycles. The minimum Gasteiger partial charge on any atom is -0.498 e. The van der Waals surface area contributed by atoms with E-state index in [1.807, 2.05) is 26.8 Å². The average Bonchev–Trinajstić information content (AvgIpc) is 2.15. The Morgan fingerprint density at radius 1 is 1.21 bits per heavy atom. The normalized spacial score (nSPS) is 11.2. The Kier molecular flexibility index (Phi) is 7.99. The van der Waals surface area contributed by atoms with Gasteiger partial charge in [0.25, 0.3) is 0 Å². The van der Waals surface area contributed by atoms with Crippen LogP contribution in [0.5, 0.6) is 0 Å². The van der Waals surface area contributed by atoms with Gasteiger partial charge in [0.05, 0.1) is 13.2 Å². The second-order valence-corrected chi connectivity index (χ2v) is 2.91. The standard InChI is InChI=1S/C11H20O3/c1-4-7-10(13-6-3)9-11(12)14-8-5-2/h7H,4-6,8-9H2,1-3H3. The van der Waals surface area contributed by atoms with Crippen LogP contribution in [0.3, 0.4) is 0 Å². The van der Waals surface area contributed by atoms with Crippen LogP contribution in [0.25, 0.3) is 0 Å². The van der Waals surface area contributed by atoms with Crippen molar-refractivity contribution in [1.82, 2.24) is 0 Å². The van der Waals surface area contributed by atoms with E-state index in [0.29, 0.717) is 13.2 Å². The third kappa shape index (κ3) is 6.52. The molecule has 0 rings (SSSR count). The fourth-order valence-corrected chi connectivity index (χ4v) is 1.00. The predicted octanol–water partition coefficient (Wildman–Crippen LogP) is 2.66. The Bertz CT molecular complexity index is 185. The summed E-state index contributed by atoms with van der Waals surface area (Å²) in [6, 6.07) is 0. The third-order valence-electron chi connectivity index (χ3n) is 1.55. The summed E-state index contributed by atoms with van der Waals surface area (Å²) in [6.45, 7) is 6.97. The fraction of sp³-hybridized carbons (Fsp3) is 0.727. The van der Waals surface area contributed by atoms with Gasteiger partial charge in [-0.15, -0.1) is 0 Å². The zero-order valence-electron chi connectivity index (χ0n) is 9.34. The summed E-state index contributed by atoms with van der Waals surface area (Å²) < 4.78 is 10.2. The second-order valence-electron chi connectivity index (χ2n) is 2.91. The van der Waals surface area contributed by atoms with Gasteiger partial charge in [-0.3, -0.25) is 4.79 Å². The van der Waals surface area contributed by atoms with E-state index < -0.39 is 0 Å². The Labute approximate surface area is 86.1 Å². The highest BCUT2D eigenvalue weighted by atomic mass is 16.5. The van der Waals surface area contributed by atoms with Crippen molar-refractivity contribution in [2.24, 2.45) is 0 Å². The third-order valence-corrected chi connectivity index (χ3v) is 1.55. The summed E-state index contributed by atoms with van der Waals surface area (Å²) >= 11 is 0. The van der Waals surface area contributed by atoms with Gasteiger partial charge in [-0.1, -0.05) is 13.8 Å². The molecule has 0 atom stereocenters. The average molecular weight is 200 g/mol. The van der Waals surface area contributed by atoms with E-state index in [2.05, 4.69) is 0 Å². The van der Waals surface area contributed by atoms with E-state index in [1.165, 1.54) is 0 Å². The predicted molar refractivity (Wildman–Crippen MR) is 55.9 cm³/mol. The number of hydrogen-bond donors (Lipinski definition) is 0. The maximum absolute atomic E-state index is 11.2. The number of ether oxygens (including phenoxy) is 2. The number of allylic oxidation sites excluding steroid dienone is 1. The number of carbonyl (C=O) groups excluding carboxylic acids is 1. The van der Waals surface area contributed by atoms with E-state index in [9.17, 15) is 4.79 Å². The van der Waals surface area contributed by atoms with Gasteiger partial charge in [-0.2, -0.15) is 0 Å². The van der Waals surface area contributed by atoms with Gasteiger partial charge in [0.2, 0.25) is 0 Å². The minimum atomic E-state index is -0.208. The van der Waals surface area contributed by atoms with Crippen molar-refractivity contribution in [1.29, 1.82) is 0 Å². The summed E-state index contributed by atoms with van der Waals surface area (Å²) in [6.07, 6.45) is 3.89. The minimum absolute atomic E-state index is 0.208. The van der Waals surface area contributed by atoms with Crippen molar-refractivity contribution < 1.29 is 14.3 Å². The summed E-state index contributed by atoms with van der Waals surface area (Å²) in [5, 5.41) is 0. The second kappa shape index (κ2) is 8.60. The number of carbonyl (C=O) groups is 1. The first-order chi connectivity index (χ1) is 6.74. The van der Waals surface area contributed by atoms with Crippen LogP contribution in [0.1, 0.15) is 40.0 Å². The van der Waals surface area contributed by atoms with Crippen molar-refractivity contribution in [2.75, 3.05) is 13.2 Å². The molecule has 0 saturated heterocycles. The highest BCUT2D eigenvalue weighted by Crippen LogP contribution is 2.06. The molecule has 0 aromatic heterocycles. The highest BCUT2D eigenvalue weighted by molar-refractivity contribution is 5.71. The molecule has 0 heterocycles. The number of rotatable bonds is 7. The maximum atomic E-state index is 11.2. The van der Waals surface area contributed by atoms with Gasteiger partial charge < -0.3 is 9.47 Å².